The van der Waals surface area contributed by atoms with E-state index >= 15 is 0 Å². The quantitative estimate of drug-likeness (QED) is 0.331. The monoisotopic (exact) mass is 434 g/mol. The van der Waals surface area contributed by atoms with Gasteiger partial charge in [0, 0.05) is 18.4 Å². The van der Waals surface area contributed by atoms with Crippen LogP contribution in [0.25, 0.3) is 6.08 Å². The van der Waals surface area contributed by atoms with Gasteiger partial charge in [-0.05, 0) is 24.1 Å². The van der Waals surface area contributed by atoms with Gasteiger partial charge < -0.3 is 40.1 Å². The molecule has 0 aliphatic carbocycles. The highest BCUT2D eigenvalue weighted by Crippen LogP contribution is 2.23. The second kappa shape index (κ2) is 11.2. The Kier molecular flexibility index (Phi) is 8.60. The van der Waals surface area contributed by atoms with Crippen molar-refractivity contribution in [3.63, 3.8) is 0 Å². The average molecular weight is 434 g/mol. The van der Waals surface area contributed by atoms with Gasteiger partial charge in [-0.25, -0.2) is 0 Å². The first-order valence-corrected chi connectivity index (χ1v) is 10.4. The normalized spacial score (nSPS) is 36.2. The molecule has 0 bridgehead atoms. The van der Waals surface area contributed by atoms with E-state index in [0.29, 0.717) is 12.0 Å². The van der Waals surface area contributed by atoms with Crippen molar-refractivity contribution < 1.29 is 40.1 Å². The molecule has 31 heavy (non-hydrogen) atoms. The van der Waals surface area contributed by atoms with Gasteiger partial charge in [0.05, 0.1) is 43.7 Å². The van der Waals surface area contributed by atoms with Gasteiger partial charge in [-0.3, -0.25) is 0 Å². The Morgan fingerprint density at radius 3 is 2.48 bits per heavy atom. The lowest BCUT2D eigenvalue weighted by molar-refractivity contribution is -0.175. The average Bonchev–Trinajstić information content (AvgIpc) is 2.76. The minimum absolute atomic E-state index is 0.0915. The number of benzene rings is 1. The van der Waals surface area contributed by atoms with Crippen LogP contribution in [-0.4, -0.2) is 92.7 Å². The summed E-state index contributed by atoms with van der Waals surface area (Å²) in [5.74, 6) is 5.81. The van der Waals surface area contributed by atoms with E-state index in [0.717, 1.165) is 5.56 Å². The number of ether oxygens (including phenoxy) is 2. The standard InChI is InChI=1S/C23H30O8/c24-12-16-10-19(28)23(29)21(30-16)6-2-5-14-3-1-4-15(9-14)7-8-20-17(26)11-18(27)22(13-25)31-20/h1-5,9,16-29H,6,10-13H2/b5-2+/t16-,17-,18-,19-,20+,21+,22+,23-/m0/s1. The van der Waals surface area contributed by atoms with Gasteiger partial charge in [0.1, 0.15) is 18.3 Å². The fourth-order valence-electron chi connectivity index (χ4n) is 3.75. The molecule has 2 heterocycles. The van der Waals surface area contributed by atoms with Gasteiger partial charge in [0.25, 0.3) is 0 Å². The van der Waals surface area contributed by atoms with E-state index in [1.54, 1.807) is 0 Å². The lowest BCUT2D eigenvalue weighted by Crippen LogP contribution is -2.48. The van der Waals surface area contributed by atoms with Gasteiger partial charge in [-0.1, -0.05) is 36.1 Å². The summed E-state index contributed by atoms with van der Waals surface area (Å²) in [6.45, 7) is -0.552. The van der Waals surface area contributed by atoms with Crippen molar-refractivity contribution in [3.8, 4) is 11.8 Å². The maximum Gasteiger partial charge on any atom is 0.145 e. The largest absolute Gasteiger partial charge is 0.394 e. The molecule has 0 amide bonds. The SMILES string of the molecule is OC[C@@H]1C[C@H](O)[C@H](O)[C@@H](C/C=C/c2cccc(C#C[C@H]3O[C@H](CO)[C@@H](O)C[C@@H]3O)c2)O1. The summed E-state index contributed by atoms with van der Waals surface area (Å²) in [4.78, 5) is 0. The van der Waals surface area contributed by atoms with Gasteiger partial charge in [0.15, 0.2) is 0 Å². The molecule has 8 heteroatoms. The molecule has 0 radical (unpaired) electrons. The van der Waals surface area contributed by atoms with E-state index in [4.69, 9.17) is 9.47 Å². The van der Waals surface area contributed by atoms with Crippen molar-refractivity contribution in [3.05, 3.63) is 41.5 Å². The first-order chi connectivity index (χ1) is 14.9. The molecule has 3 rings (SSSR count). The van der Waals surface area contributed by atoms with Gasteiger partial charge in [0.2, 0.25) is 0 Å². The van der Waals surface area contributed by atoms with Crippen molar-refractivity contribution in [1.29, 1.82) is 0 Å². The summed E-state index contributed by atoms with van der Waals surface area (Å²) < 4.78 is 11.1. The first kappa shape index (κ1) is 23.9. The molecule has 6 N–H and O–H groups in total. The zero-order chi connectivity index (χ0) is 22.4. The first-order valence-electron chi connectivity index (χ1n) is 10.4. The fraction of sp³-hybridized carbons (Fsp3) is 0.565. The molecule has 2 aliphatic rings. The van der Waals surface area contributed by atoms with Crippen molar-refractivity contribution in [2.45, 2.75) is 68.1 Å². The maximum atomic E-state index is 10.1. The van der Waals surface area contributed by atoms with Crippen molar-refractivity contribution in [1.82, 2.24) is 0 Å². The fourth-order valence-corrected chi connectivity index (χ4v) is 3.75. The highest BCUT2D eigenvalue weighted by molar-refractivity contribution is 5.53. The second-order valence-electron chi connectivity index (χ2n) is 7.95. The number of hydrogen-bond donors (Lipinski definition) is 6. The minimum atomic E-state index is -1.01. The van der Waals surface area contributed by atoms with Crippen LogP contribution >= 0.6 is 0 Å². The Balaban J connectivity index is 1.61. The molecule has 0 saturated carbocycles. The predicted octanol–water partition coefficient (Wildman–Crippen LogP) is -0.815. The summed E-state index contributed by atoms with van der Waals surface area (Å²) in [7, 11) is 0. The zero-order valence-electron chi connectivity index (χ0n) is 17.1. The van der Waals surface area contributed by atoms with E-state index in [1.807, 2.05) is 36.4 Å². The predicted molar refractivity (Wildman–Crippen MR) is 112 cm³/mol. The van der Waals surface area contributed by atoms with E-state index in [2.05, 4.69) is 11.8 Å². The van der Waals surface area contributed by atoms with Crippen LogP contribution in [0, 0.1) is 11.8 Å². The molecular weight excluding hydrogens is 404 g/mol. The van der Waals surface area contributed by atoms with Gasteiger partial charge in [-0.15, -0.1) is 0 Å². The Labute approximate surface area is 181 Å². The molecule has 0 spiro atoms. The van der Waals surface area contributed by atoms with Gasteiger partial charge in [-0.2, -0.15) is 0 Å². The van der Waals surface area contributed by atoms with Crippen LogP contribution in [0.2, 0.25) is 0 Å². The highest BCUT2D eigenvalue weighted by atomic mass is 16.5. The van der Waals surface area contributed by atoms with Crippen LogP contribution in [0.15, 0.2) is 30.3 Å². The third-order valence-corrected chi connectivity index (χ3v) is 5.54. The van der Waals surface area contributed by atoms with Crippen LogP contribution in [-0.2, 0) is 9.47 Å². The maximum absolute atomic E-state index is 10.1. The number of aliphatic hydroxyl groups is 6. The van der Waals surface area contributed by atoms with E-state index in [-0.39, 0.29) is 26.1 Å². The van der Waals surface area contributed by atoms with Crippen LogP contribution in [0.3, 0.4) is 0 Å². The number of hydrogen-bond acceptors (Lipinski definition) is 8. The molecule has 2 saturated heterocycles. The molecule has 170 valence electrons. The summed E-state index contributed by atoms with van der Waals surface area (Å²) in [5.41, 5.74) is 1.57. The third-order valence-electron chi connectivity index (χ3n) is 5.54. The molecule has 2 aliphatic heterocycles. The molecule has 1 aromatic rings. The summed E-state index contributed by atoms with van der Waals surface area (Å²) in [6.07, 6.45) is -2.09. The lowest BCUT2D eigenvalue weighted by atomic mass is 9.96. The number of aliphatic hydroxyl groups excluding tert-OH is 6. The van der Waals surface area contributed by atoms with Crippen LogP contribution in [0.4, 0.5) is 0 Å². The Hall–Kier alpha value is -1.80. The summed E-state index contributed by atoms with van der Waals surface area (Å²) in [5, 5.41) is 58.3. The molecule has 2 fully saturated rings. The van der Waals surface area contributed by atoms with Crippen molar-refractivity contribution in [2.24, 2.45) is 0 Å². The smallest absolute Gasteiger partial charge is 0.145 e. The Bertz CT molecular complexity index is 800. The molecule has 1 aromatic carbocycles. The summed E-state index contributed by atoms with van der Waals surface area (Å²) in [6, 6.07) is 7.38. The van der Waals surface area contributed by atoms with Crippen molar-refractivity contribution >= 4 is 6.08 Å². The van der Waals surface area contributed by atoms with E-state index in [9.17, 15) is 30.6 Å². The molecule has 0 unspecified atom stereocenters. The van der Waals surface area contributed by atoms with E-state index < -0.39 is 48.8 Å². The van der Waals surface area contributed by atoms with Crippen LogP contribution in [0.1, 0.15) is 30.4 Å². The Morgan fingerprint density at radius 1 is 0.935 bits per heavy atom. The summed E-state index contributed by atoms with van der Waals surface area (Å²) >= 11 is 0. The zero-order valence-corrected chi connectivity index (χ0v) is 17.1. The van der Waals surface area contributed by atoms with Crippen LogP contribution in [0.5, 0.6) is 0 Å². The molecule has 8 nitrogen and oxygen atoms in total. The number of rotatable bonds is 5. The second-order valence-corrected chi connectivity index (χ2v) is 7.95. The van der Waals surface area contributed by atoms with E-state index in [1.165, 1.54) is 0 Å². The third kappa shape index (κ3) is 6.35. The Morgan fingerprint density at radius 2 is 1.74 bits per heavy atom. The molecular formula is C23H30O8. The van der Waals surface area contributed by atoms with Crippen LogP contribution < -0.4 is 0 Å². The van der Waals surface area contributed by atoms with Gasteiger partial charge >= 0.3 is 0 Å². The molecule has 8 atom stereocenters. The topological polar surface area (TPSA) is 140 Å². The highest BCUT2D eigenvalue weighted by Gasteiger charge is 2.36. The molecule has 0 aromatic heterocycles. The minimum Gasteiger partial charge on any atom is -0.394 e. The van der Waals surface area contributed by atoms with Crippen molar-refractivity contribution in [2.75, 3.05) is 13.2 Å². The lowest BCUT2D eigenvalue weighted by Gasteiger charge is -2.36.